The number of amides is 1. The van der Waals surface area contributed by atoms with E-state index in [-0.39, 0.29) is 5.91 Å². The van der Waals surface area contributed by atoms with Crippen molar-refractivity contribution >= 4 is 16.8 Å². The smallest absolute Gasteiger partial charge is 0.253 e. The van der Waals surface area contributed by atoms with Crippen molar-refractivity contribution in [2.75, 3.05) is 46.5 Å². The normalized spacial score (nSPS) is 18.8. The van der Waals surface area contributed by atoms with Crippen LogP contribution in [0.1, 0.15) is 54.2 Å². The third-order valence-corrected chi connectivity index (χ3v) is 6.44. The second-order valence-corrected chi connectivity index (χ2v) is 8.22. The number of hydrogen-bond acceptors (Lipinski definition) is 4. The topological polar surface area (TPSA) is 55.7 Å². The number of fused-ring (bicyclic) bond motifs is 1. The lowest BCUT2D eigenvalue weighted by atomic mass is 9.95. The summed E-state index contributed by atoms with van der Waals surface area (Å²) in [6.07, 6.45) is 6.23. The summed E-state index contributed by atoms with van der Waals surface area (Å²) in [5, 5.41) is 4.15. The lowest BCUT2D eigenvalue weighted by Crippen LogP contribution is -2.41. The van der Waals surface area contributed by atoms with E-state index in [2.05, 4.69) is 27.8 Å². The van der Waals surface area contributed by atoms with Crippen LogP contribution in [-0.2, 0) is 4.74 Å². The fraction of sp³-hybridized carbons (Fsp3) is 0.609. The maximum absolute atomic E-state index is 13.2. The van der Waals surface area contributed by atoms with E-state index >= 15 is 0 Å². The molecule has 0 radical (unpaired) electrons. The number of nitrogens with one attached hydrogen (secondary N) is 1. The van der Waals surface area contributed by atoms with E-state index < -0.39 is 0 Å². The van der Waals surface area contributed by atoms with Crippen LogP contribution >= 0.6 is 0 Å². The zero-order chi connectivity index (χ0) is 20.2. The summed E-state index contributed by atoms with van der Waals surface area (Å²) >= 11 is 0. The van der Waals surface area contributed by atoms with Gasteiger partial charge in [0.2, 0.25) is 0 Å². The highest BCUT2D eigenvalue weighted by Gasteiger charge is 2.25. The van der Waals surface area contributed by atoms with Crippen LogP contribution in [0.4, 0.5) is 0 Å². The number of nitrogens with zero attached hydrogens (tertiary/aromatic N) is 2. The van der Waals surface area contributed by atoms with Crippen LogP contribution in [0.15, 0.2) is 18.2 Å². The van der Waals surface area contributed by atoms with Gasteiger partial charge in [0, 0.05) is 48.8 Å². The average Bonchev–Trinajstić information content (AvgIpc) is 3.06. The van der Waals surface area contributed by atoms with Crippen LogP contribution in [-0.4, -0.2) is 61.9 Å². The van der Waals surface area contributed by atoms with Crippen LogP contribution < -0.4 is 10.1 Å². The number of methoxy groups -OCH3 is 1. The number of rotatable bonds is 6. The molecule has 1 aliphatic heterocycles. The van der Waals surface area contributed by atoms with E-state index in [0.29, 0.717) is 12.6 Å². The fourth-order valence-electron chi connectivity index (χ4n) is 4.89. The van der Waals surface area contributed by atoms with Crippen molar-refractivity contribution in [2.45, 2.75) is 45.1 Å². The van der Waals surface area contributed by atoms with Crippen LogP contribution in [0.3, 0.4) is 0 Å². The minimum absolute atomic E-state index is 0.0172. The third kappa shape index (κ3) is 4.28. The molecule has 2 fully saturated rings. The van der Waals surface area contributed by atoms with Crippen molar-refractivity contribution in [3.8, 4) is 5.75 Å². The van der Waals surface area contributed by atoms with Crippen LogP contribution in [0.25, 0.3) is 10.9 Å². The van der Waals surface area contributed by atoms with Crippen LogP contribution in [0, 0.1) is 6.92 Å². The molecule has 1 N–H and O–H groups in total. The molecule has 2 aliphatic rings. The van der Waals surface area contributed by atoms with E-state index in [1.54, 1.807) is 7.11 Å². The Morgan fingerprint density at radius 1 is 1.21 bits per heavy atom. The van der Waals surface area contributed by atoms with Gasteiger partial charge in [0.15, 0.2) is 0 Å². The SMILES string of the molecule is COc1ccc2c(c1)c(C(=O)NCCN1CCOCC1)c(C)n2C1CCCCC1. The highest BCUT2D eigenvalue weighted by atomic mass is 16.5. The molecule has 0 spiro atoms. The number of carbonyl (C=O) groups is 1. The Balaban J connectivity index is 1.59. The fourth-order valence-corrected chi connectivity index (χ4v) is 4.89. The Bertz CT molecular complexity index is 849. The summed E-state index contributed by atoms with van der Waals surface area (Å²) in [6.45, 7) is 7.04. The van der Waals surface area contributed by atoms with Crippen molar-refractivity contribution in [3.05, 3.63) is 29.5 Å². The van der Waals surface area contributed by atoms with Crippen LogP contribution in [0.2, 0.25) is 0 Å². The summed E-state index contributed by atoms with van der Waals surface area (Å²) in [6, 6.07) is 6.61. The Hall–Kier alpha value is -2.05. The zero-order valence-electron chi connectivity index (χ0n) is 17.7. The number of carbonyl (C=O) groups excluding carboxylic acids is 1. The maximum atomic E-state index is 13.2. The summed E-state index contributed by atoms with van der Waals surface area (Å²) in [4.78, 5) is 15.5. The van der Waals surface area contributed by atoms with Gasteiger partial charge in [-0.1, -0.05) is 19.3 Å². The number of hydrogen-bond donors (Lipinski definition) is 1. The molecule has 6 nitrogen and oxygen atoms in total. The lowest BCUT2D eigenvalue weighted by Gasteiger charge is -2.26. The second kappa shape index (κ2) is 9.18. The van der Waals surface area contributed by atoms with Gasteiger partial charge in [-0.15, -0.1) is 0 Å². The Labute approximate surface area is 173 Å². The monoisotopic (exact) mass is 399 g/mol. The largest absolute Gasteiger partial charge is 0.497 e. The lowest BCUT2D eigenvalue weighted by molar-refractivity contribution is 0.0383. The van der Waals surface area contributed by atoms with Gasteiger partial charge in [-0.2, -0.15) is 0 Å². The Morgan fingerprint density at radius 2 is 1.97 bits per heavy atom. The molecule has 0 bridgehead atoms. The molecule has 0 atom stereocenters. The van der Waals surface area contributed by atoms with E-state index in [4.69, 9.17) is 9.47 Å². The molecule has 2 heterocycles. The van der Waals surface area contributed by atoms with Gasteiger partial charge >= 0.3 is 0 Å². The molecule has 0 unspecified atom stereocenters. The predicted octanol–water partition coefficient (Wildman–Crippen LogP) is 3.53. The van der Waals surface area contributed by atoms with Gasteiger partial charge in [-0.3, -0.25) is 9.69 Å². The zero-order valence-corrected chi connectivity index (χ0v) is 17.7. The number of morpholine rings is 1. The Morgan fingerprint density at radius 3 is 2.69 bits per heavy atom. The highest BCUT2D eigenvalue weighted by molar-refractivity contribution is 6.08. The predicted molar refractivity (Wildman–Crippen MR) is 115 cm³/mol. The van der Waals surface area contributed by atoms with Crippen molar-refractivity contribution < 1.29 is 14.3 Å². The second-order valence-electron chi connectivity index (χ2n) is 8.22. The number of ether oxygens (including phenoxy) is 2. The first-order valence-corrected chi connectivity index (χ1v) is 11.0. The molecule has 1 amide bonds. The number of benzene rings is 1. The van der Waals surface area contributed by atoms with Crippen molar-refractivity contribution in [3.63, 3.8) is 0 Å². The van der Waals surface area contributed by atoms with Crippen molar-refractivity contribution in [1.82, 2.24) is 14.8 Å². The molecule has 6 heteroatoms. The quantitative estimate of drug-likeness (QED) is 0.807. The van der Waals surface area contributed by atoms with E-state index in [9.17, 15) is 4.79 Å². The number of aromatic nitrogens is 1. The summed E-state index contributed by atoms with van der Waals surface area (Å²) in [5.74, 6) is 0.809. The first-order chi connectivity index (χ1) is 14.2. The van der Waals surface area contributed by atoms with Gasteiger partial charge in [-0.05, 0) is 38.0 Å². The summed E-state index contributed by atoms with van der Waals surface area (Å²) in [5.41, 5.74) is 3.02. The molecule has 2 aromatic rings. The molecule has 1 saturated carbocycles. The molecule has 1 aromatic heterocycles. The first kappa shape index (κ1) is 20.2. The van der Waals surface area contributed by atoms with Gasteiger partial charge in [0.05, 0.1) is 25.9 Å². The molecule has 158 valence electrons. The van der Waals surface area contributed by atoms with Crippen LogP contribution in [0.5, 0.6) is 5.75 Å². The van der Waals surface area contributed by atoms with Gasteiger partial charge in [0.25, 0.3) is 5.91 Å². The minimum atomic E-state index is 0.0172. The van der Waals surface area contributed by atoms with Crippen molar-refractivity contribution in [1.29, 1.82) is 0 Å². The van der Waals surface area contributed by atoms with Gasteiger partial charge in [-0.25, -0.2) is 0 Å². The molecular weight excluding hydrogens is 366 g/mol. The van der Waals surface area contributed by atoms with E-state index in [1.807, 2.05) is 12.1 Å². The molecule has 1 saturated heterocycles. The van der Waals surface area contributed by atoms with Gasteiger partial charge < -0.3 is 19.4 Å². The minimum Gasteiger partial charge on any atom is -0.497 e. The van der Waals surface area contributed by atoms with E-state index in [0.717, 1.165) is 60.8 Å². The molecule has 1 aromatic carbocycles. The standard InChI is InChI=1S/C23H33N3O3/c1-17-22(23(27)24-10-11-25-12-14-29-15-13-25)20-16-19(28-2)8-9-21(20)26(17)18-6-4-3-5-7-18/h8-9,16,18H,3-7,10-15H2,1-2H3,(H,24,27). The highest BCUT2D eigenvalue weighted by Crippen LogP contribution is 2.37. The molecule has 29 heavy (non-hydrogen) atoms. The average molecular weight is 400 g/mol. The molecule has 4 rings (SSSR count). The van der Waals surface area contributed by atoms with E-state index in [1.165, 1.54) is 32.1 Å². The third-order valence-electron chi connectivity index (χ3n) is 6.44. The summed E-state index contributed by atoms with van der Waals surface area (Å²) < 4.78 is 13.3. The molecular formula is C23H33N3O3. The maximum Gasteiger partial charge on any atom is 0.253 e. The Kier molecular flexibility index (Phi) is 6.40. The molecule has 1 aliphatic carbocycles. The first-order valence-electron chi connectivity index (χ1n) is 11.0. The summed E-state index contributed by atoms with van der Waals surface area (Å²) in [7, 11) is 1.67. The van der Waals surface area contributed by atoms with Gasteiger partial charge in [0.1, 0.15) is 5.75 Å². The van der Waals surface area contributed by atoms with Crippen molar-refractivity contribution in [2.24, 2.45) is 0 Å².